The molecule has 2 aromatic rings. The van der Waals surface area contributed by atoms with Gasteiger partial charge in [-0.05, 0) is 29.7 Å². The number of pyridine rings is 1. The molecule has 1 aromatic carbocycles. The molecule has 5 heteroatoms. The van der Waals surface area contributed by atoms with Crippen molar-refractivity contribution in [1.29, 1.82) is 0 Å². The Morgan fingerprint density at radius 3 is 2.93 bits per heavy atom. The number of hydrogen-bond donors (Lipinski definition) is 2. The molecule has 76 valence electrons. The fourth-order valence-electron chi connectivity index (χ4n) is 1.35. The van der Waals surface area contributed by atoms with E-state index in [0.717, 1.165) is 15.2 Å². The van der Waals surface area contributed by atoms with E-state index >= 15 is 0 Å². The van der Waals surface area contributed by atoms with Gasteiger partial charge in [0, 0.05) is 16.1 Å². The Morgan fingerprint density at radius 2 is 2.20 bits per heavy atom. The van der Waals surface area contributed by atoms with Gasteiger partial charge in [-0.25, -0.2) is 9.78 Å². The lowest BCUT2D eigenvalue weighted by Crippen LogP contribution is -2.08. The number of halogens is 1. The highest BCUT2D eigenvalue weighted by Crippen LogP contribution is 2.24. The van der Waals surface area contributed by atoms with E-state index in [0.29, 0.717) is 5.82 Å². The average molecular weight is 267 g/mol. The van der Waals surface area contributed by atoms with Gasteiger partial charge in [-0.1, -0.05) is 15.9 Å². The molecule has 2 N–H and O–H groups in total. The number of nitrogens with zero attached hydrogens (tertiary/aromatic N) is 1. The first kappa shape index (κ1) is 9.92. The SMILES string of the molecule is O=C(O)Nc1nccc2cc(Br)ccc12. The number of carboxylic acid groups (broad SMARTS) is 1. The van der Waals surface area contributed by atoms with E-state index in [9.17, 15) is 4.79 Å². The molecule has 0 aliphatic rings. The van der Waals surface area contributed by atoms with Crippen LogP contribution < -0.4 is 5.32 Å². The minimum atomic E-state index is -1.11. The second kappa shape index (κ2) is 3.86. The third kappa shape index (κ3) is 2.07. The highest BCUT2D eigenvalue weighted by molar-refractivity contribution is 9.10. The minimum Gasteiger partial charge on any atom is -0.465 e. The summed E-state index contributed by atoms with van der Waals surface area (Å²) in [5, 5.41) is 12.6. The zero-order chi connectivity index (χ0) is 10.8. The Morgan fingerprint density at radius 1 is 1.40 bits per heavy atom. The topological polar surface area (TPSA) is 62.2 Å². The molecule has 0 spiro atoms. The van der Waals surface area contributed by atoms with E-state index in [1.807, 2.05) is 24.3 Å². The van der Waals surface area contributed by atoms with Gasteiger partial charge in [0.05, 0.1) is 0 Å². The van der Waals surface area contributed by atoms with Gasteiger partial charge < -0.3 is 5.11 Å². The van der Waals surface area contributed by atoms with Gasteiger partial charge in [0.25, 0.3) is 0 Å². The van der Waals surface area contributed by atoms with Crippen molar-refractivity contribution in [2.75, 3.05) is 5.32 Å². The third-order valence-electron chi connectivity index (χ3n) is 1.95. The molecule has 1 heterocycles. The summed E-state index contributed by atoms with van der Waals surface area (Å²) in [5.74, 6) is 0.354. The van der Waals surface area contributed by atoms with Crippen LogP contribution in [-0.2, 0) is 0 Å². The summed E-state index contributed by atoms with van der Waals surface area (Å²) in [6.07, 6.45) is 0.456. The van der Waals surface area contributed by atoms with Crippen molar-refractivity contribution in [3.05, 3.63) is 34.9 Å². The monoisotopic (exact) mass is 266 g/mol. The molecule has 0 saturated heterocycles. The number of aromatic nitrogens is 1. The van der Waals surface area contributed by atoms with Gasteiger partial charge in [-0.2, -0.15) is 0 Å². The Hall–Kier alpha value is -1.62. The fourth-order valence-corrected chi connectivity index (χ4v) is 1.73. The smallest absolute Gasteiger partial charge is 0.410 e. The van der Waals surface area contributed by atoms with Crippen LogP contribution in [0.15, 0.2) is 34.9 Å². The number of rotatable bonds is 1. The second-order valence-corrected chi connectivity index (χ2v) is 3.87. The number of benzene rings is 1. The van der Waals surface area contributed by atoms with E-state index < -0.39 is 6.09 Å². The lowest BCUT2D eigenvalue weighted by Gasteiger charge is -2.04. The summed E-state index contributed by atoms with van der Waals surface area (Å²) in [6, 6.07) is 7.39. The van der Waals surface area contributed by atoms with Gasteiger partial charge in [0.1, 0.15) is 5.82 Å². The van der Waals surface area contributed by atoms with Gasteiger partial charge in [0.15, 0.2) is 0 Å². The molecule has 0 unspecified atom stereocenters. The molecule has 0 radical (unpaired) electrons. The molecule has 0 bridgehead atoms. The van der Waals surface area contributed by atoms with Crippen LogP contribution in [0.1, 0.15) is 0 Å². The molecule has 15 heavy (non-hydrogen) atoms. The van der Waals surface area contributed by atoms with Crippen LogP contribution in [0.3, 0.4) is 0 Å². The Labute approximate surface area is 94.1 Å². The quantitative estimate of drug-likeness (QED) is 0.834. The lowest BCUT2D eigenvalue weighted by atomic mass is 10.1. The highest BCUT2D eigenvalue weighted by Gasteiger charge is 2.04. The summed E-state index contributed by atoms with van der Waals surface area (Å²) in [4.78, 5) is 14.5. The first-order valence-electron chi connectivity index (χ1n) is 4.21. The predicted molar refractivity (Wildman–Crippen MR) is 61.1 cm³/mol. The van der Waals surface area contributed by atoms with Crippen molar-refractivity contribution in [3.8, 4) is 0 Å². The first-order valence-corrected chi connectivity index (χ1v) is 5.00. The largest absolute Gasteiger partial charge is 0.465 e. The summed E-state index contributed by atoms with van der Waals surface area (Å²) < 4.78 is 0.947. The molecule has 0 aliphatic heterocycles. The van der Waals surface area contributed by atoms with Crippen molar-refractivity contribution in [3.63, 3.8) is 0 Å². The minimum absolute atomic E-state index is 0.354. The van der Waals surface area contributed by atoms with E-state index in [1.165, 1.54) is 0 Å². The summed E-state index contributed by atoms with van der Waals surface area (Å²) in [7, 11) is 0. The van der Waals surface area contributed by atoms with Crippen LogP contribution in [0, 0.1) is 0 Å². The molecule has 0 aliphatic carbocycles. The Bertz CT molecular complexity index is 528. The standard InChI is InChI=1S/C10H7BrN2O2/c11-7-1-2-8-6(5-7)3-4-12-9(8)13-10(14)15/h1-5H,(H,12,13)(H,14,15). The summed E-state index contributed by atoms with van der Waals surface area (Å²) >= 11 is 3.35. The van der Waals surface area contributed by atoms with Crippen LogP contribution in [0.5, 0.6) is 0 Å². The number of hydrogen-bond acceptors (Lipinski definition) is 2. The maximum absolute atomic E-state index is 10.5. The number of fused-ring (bicyclic) bond motifs is 1. The number of nitrogens with one attached hydrogen (secondary N) is 1. The van der Waals surface area contributed by atoms with Crippen LogP contribution in [-0.4, -0.2) is 16.2 Å². The molecular weight excluding hydrogens is 260 g/mol. The molecular formula is C10H7BrN2O2. The van der Waals surface area contributed by atoms with Crippen molar-refractivity contribution in [1.82, 2.24) is 4.98 Å². The zero-order valence-corrected chi connectivity index (χ0v) is 9.15. The van der Waals surface area contributed by atoms with Gasteiger partial charge >= 0.3 is 6.09 Å². The molecule has 1 aromatic heterocycles. The second-order valence-electron chi connectivity index (χ2n) is 2.96. The number of anilines is 1. The van der Waals surface area contributed by atoms with Gasteiger partial charge in [-0.3, -0.25) is 5.32 Å². The predicted octanol–water partition coefficient (Wildman–Crippen LogP) is 3.09. The molecule has 4 nitrogen and oxygen atoms in total. The molecule has 0 atom stereocenters. The van der Waals surface area contributed by atoms with E-state index in [-0.39, 0.29) is 0 Å². The fraction of sp³-hybridized carbons (Fsp3) is 0. The normalized spacial score (nSPS) is 10.2. The average Bonchev–Trinajstić information content (AvgIpc) is 2.16. The molecule has 0 saturated carbocycles. The first-order chi connectivity index (χ1) is 7.16. The van der Waals surface area contributed by atoms with Crippen molar-refractivity contribution in [2.24, 2.45) is 0 Å². The van der Waals surface area contributed by atoms with E-state index in [4.69, 9.17) is 5.11 Å². The van der Waals surface area contributed by atoms with Crippen molar-refractivity contribution >= 4 is 38.6 Å². The van der Waals surface area contributed by atoms with Crippen LogP contribution in [0.4, 0.5) is 10.6 Å². The zero-order valence-electron chi connectivity index (χ0n) is 7.57. The third-order valence-corrected chi connectivity index (χ3v) is 2.45. The highest BCUT2D eigenvalue weighted by atomic mass is 79.9. The number of amides is 1. The Kier molecular flexibility index (Phi) is 2.55. The van der Waals surface area contributed by atoms with Gasteiger partial charge in [0.2, 0.25) is 0 Å². The summed E-state index contributed by atoms with van der Waals surface area (Å²) in [5.41, 5.74) is 0. The molecule has 2 rings (SSSR count). The van der Waals surface area contributed by atoms with Gasteiger partial charge in [-0.15, -0.1) is 0 Å². The lowest BCUT2D eigenvalue weighted by molar-refractivity contribution is 0.209. The maximum atomic E-state index is 10.5. The van der Waals surface area contributed by atoms with Crippen molar-refractivity contribution in [2.45, 2.75) is 0 Å². The van der Waals surface area contributed by atoms with Crippen molar-refractivity contribution < 1.29 is 9.90 Å². The van der Waals surface area contributed by atoms with E-state index in [2.05, 4.69) is 26.2 Å². The molecule has 0 fully saturated rings. The van der Waals surface area contributed by atoms with Crippen LogP contribution in [0.25, 0.3) is 10.8 Å². The maximum Gasteiger partial charge on any atom is 0.410 e. The molecule has 1 amide bonds. The summed E-state index contributed by atoms with van der Waals surface area (Å²) in [6.45, 7) is 0. The van der Waals surface area contributed by atoms with Crippen LogP contribution >= 0.6 is 15.9 Å². The van der Waals surface area contributed by atoms with Crippen LogP contribution in [0.2, 0.25) is 0 Å². The van der Waals surface area contributed by atoms with E-state index in [1.54, 1.807) is 6.20 Å². The Balaban J connectivity index is 2.60. The number of carbonyl (C=O) groups is 1.